The highest BCUT2D eigenvalue weighted by atomic mass is 32.2. The first-order valence-corrected chi connectivity index (χ1v) is 7.78. The lowest BCUT2D eigenvalue weighted by Crippen LogP contribution is -2.08. The Balaban J connectivity index is 2.04. The van der Waals surface area contributed by atoms with Crippen LogP contribution in [0.2, 0.25) is 0 Å². The van der Waals surface area contributed by atoms with Gasteiger partial charge in [0.2, 0.25) is 5.91 Å². The molecule has 19 heavy (non-hydrogen) atoms. The fourth-order valence-corrected chi connectivity index (χ4v) is 3.50. The summed E-state index contributed by atoms with van der Waals surface area (Å²) < 4.78 is 0. The van der Waals surface area contributed by atoms with Crippen LogP contribution < -0.4 is 11.1 Å². The Kier molecular flexibility index (Phi) is 5.01. The van der Waals surface area contributed by atoms with Gasteiger partial charge in [-0.3, -0.25) is 4.79 Å². The quantitative estimate of drug-likeness (QED) is 0.829. The molecular weight excluding hydrogens is 276 g/mol. The smallest absolute Gasteiger partial charge is 0.221 e. The van der Waals surface area contributed by atoms with E-state index in [-0.39, 0.29) is 11.2 Å². The number of rotatable bonds is 5. The van der Waals surface area contributed by atoms with Gasteiger partial charge in [0.25, 0.3) is 0 Å². The molecule has 0 saturated heterocycles. The molecule has 0 aliphatic carbocycles. The van der Waals surface area contributed by atoms with E-state index in [0.717, 1.165) is 10.6 Å². The monoisotopic (exact) mass is 292 g/mol. The molecule has 1 amide bonds. The van der Waals surface area contributed by atoms with Gasteiger partial charge in [0, 0.05) is 29.3 Å². The zero-order chi connectivity index (χ0) is 13.7. The van der Waals surface area contributed by atoms with Crippen molar-refractivity contribution >= 4 is 34.7 Å². The van der Waals surface area contributed by atoms with E-state index in [1.165, 1.54) is 12.5 Å². The lowest BCUT2D eigenvalue weighted by atomic mass is 10.2. The van der Waals surface area contributed by atoms with Crippen molar-refractivity contribution in [3.63, 3.8) is 0 Å². The second kappa shape index (κ2) is 6.75. The predicted octanol–water partition coefficient (Wildman–Crippen LogP) is 3.50. The zero-order valence-corrected chi connectivity index (χ0v) is 12.3. The summed E-state index contributed by atoms with van der Waals surface area (Å²) in [4.78, 5) is 12.1. The Bertz CT molecular complexity index is 523. The Morgan fingerprint density at radius 2 is 2.11 bits per heavy atom. The average Bonchev–Trinajstić information content (AvgIpc) is 2.91. The number of benzene rings is 1. The van der Waals surface area contributed by atoms with E-state index in [4.69, 9.17) is 5.73 Å². The third kappa shape index (κ3) is 4.09. The van der Waals surface area contributed by atoms with Crippen LogP contribution in [-0.2, 0) is 4.79 Å². The number of hydrogen-bond acceptors (Lipinski definition) is 4. The number of nitrogens with one attached hydrogen (secondary N) is 1. The highest BCUT2D eigenvalue weighted by molar-refractivity contribution is 7.99. The van der Waals surface area contributed by atoms with Gasteiger partial charge in [0.05, 0.1) is 0 Å². The molecule has 1 aromatic heterocycles. The Hall–Kier alpha value is -1.30. The van der Waals surface area contributed by atoms with Gasteiger partial charge < -0.3 is 11.1 Å². The molecule has 2 aromatic rings. The standard InChI is InChI=1S/C14H16N2OS2/c1-10(17)16-12-2-4-13(5-3-12)19-14(8-15)11-6-7-18-9-11/h2-7,9,14H,8,15H2,1H3,(H,16,17). The molecule has 0 spiro atoms. The fourth-order valence-electron chi connectivity index (χ4n) is 1.69. The molecule has 1 atom stereocenters. The number of nitrogens with two attached hydrogens (primary N) is 1. The van der Waals surface area contributed by atoms with Crippen molar-refractivity contribution in [2.24, 2.45) is 5.73 Å². The van der Waals surface area contributed by atoms with Crippen LogP contribution in [0.4, 0.5) is 5.69 Å². The van der Waals surface area contributed by atoms with Crippen LogP contribution in [-0.4, -0.2) is 12.5 Å². The Morgan fingerprint density at radius 3 is 2.63 bits per heavy atom. The first-order chi connectivity index (χ1) is 9.19. The van der Waals surface area contributed by atoms with Gasteiger partial charge >= 0.3 is 0 Å². The molecule has 0 aliphatic heterocycles. The molecule has 3 nitrogen and oxygen atoms in total. The summed E-state index contributed by atoms with van der Waals surface area (Å²) in [5.74, 6) is -0.0569. The lowest BCUT2D eigenvalue weighted by Gasteiger charge is -2.13. The van der Waals surface area contributed by atoms with E-state index in [2.05, 4.69) is 22.1 Å². The van der Waals surface area contributed by atoms with Gasteiger partial charge in [-0.1, -0.05) is 0 Å². The van der Waals surface area contributed by atoms with E-state index in [1.54, 1.807) is 23.1 Å². The molecule has 1 aromatic carbocycles. The van der Waals surface area contributed by atoms with Crippen LogP contribution in [0.5, 0.6) is 0 Å². The summed E-state index contributed by atoms with van der Waals surface area (Å²) in [5, 5.41) is 7.23. The van der Waals surface area contributed by atoms with E-state index < -0.39 is 0 Å². The van der Waals surface area contributed by atoms with Crippen LogP contribution in [0.1, 0.15) is 17.7 Å². The summed E-state index contributed by atoms with van der Waals surface area (Å²) in [6.45, 7) is 2.11. The van der Waals surface area contributed by atoms with Crippen molar-refractivity contribution < 1.29 is 4.79 Å². The van der Waals surface area contributed by atoms with Crippen molar-refractivity contribution in [1.82, 2.24) is 0 Å². The molecule has 3 N–H and O–H groups in total. The number of amides is 1. The van der Waals surface area contributed by atoms with Crippen LogP contribution in [0, 0.1) is 0 Å². The summed E-state index contributed by atoms with van der Waals surface area (Å²) in [5.41, 5.74) is 7.92. The first-order valence-electron chi connectivity index (χ1n) is 5.95. The maximum absolute atomic E-state index is 10.9. The third-order valence-corrected chi connectivity index (χ3v) is 4.58. The number of thioether (sulfide) groups is 1. The van der Waals surface area contributed by atoms with Crippen molar-refractivity contribution in [3.05, 3.63) is 46.7 Å². The van der Waals surface area contributed by atoms with Gasteiger partial charge in [-0.2, -0.15) is 11.3 Å². The van der Waals surface area contributed by atoms with Crippen LogP contribution in [0.25, 0.3) is 0 Å². The highest BCUT2D eigenvalue weighted by Crippen LogP contribution is 2.35. The summed E-state index contributed by atoms with van der Waals surface area (Å²) in [7, 11) is 0. The van der Waals surface area contributed by atoms with Crippen molar-refractivity contribution in [2.75, 3.05) is 11.9 Å². The molecule has 0 aliphatic rings. The van der Waals surface area contributed by atoms with Gasteiger partial charge in [-0.15, -0.1) is 11.8 Å². The zero-order valence-electron chi connectivity index (χ0n) is 10.6. The molecule has 1 unspecified atom stereocenters. The number of thiophene rings is 1. The van der Waals surface area contributed by atoms with Crippen LogP contribution >= 0.6 is 23.1 Å². The topological polar surface area (TPSA) is 55.1 Å². The number of carbonyl (C=O) groups excluding carboxylic acids is 1. The Labute approximate surface area is 121 Å². The highest BCUT2D eigenvalue weighted by Gasteiger charge is 2.11. The molecule has 0 bridgehead atoms. The van der Waals surface area contributed by atoms with Gasteiger partial charge in [-0.25, -0.2) is 0 Å². The summed E-state index contributed by atoms with van der Waals surface area (Å²) in [6, 6.07) is 9.94. The van der Waals surface area contributed by atoms with Crippen molar-refractivity contribution in [2.45, 2.75) is 17.1 Å². The van der Waals surface area contributed by atoms with E-state index in [0.29, 0.717) is 6.54 Å². The molecule has 0 radical (unpaired) electrons. The van der Waals surface area contributed by atoms with Gasteiger partial charge in [0.1, 0.15) is 0 Å². The second-order valence-corrected chi connectivity index (χ2v) is 6.16. The Morgan fingerprint density at radius 1 is 1.37 bits per heavy atom. The van der Waals surface area contributed by atoms with E-state index >= 15 is 0 Å². The molecule has 0 fully saturated rings. The van der Waals surface area contributed by atoms with E-state index in [9.17, 15) is 4.79 Å². The first kappa shape index (κ1) is 14.1. The van der Waals surface area contributed by atoms with Gasteiger partial charge in [0.15, 0.2) is 0 Å². The van der Waals surface area contributed by atoms with Gasteiger partial charge in [-0.05, 0) is 46.7 Å². The maximum Gasteiger partial charge on any atom is 0.221 e. The van der Waals surface area contributed by atoms with Crippen LogP contribution in [0.3, 0.4) is 0 Å². The maximum atomic E-state index is 10.9. The molecule has 0 saturated carbocycles. The number of anilines is 1. The normalized spacial score (nSPS) is 12.1. The number of hydrogen-bond donors (Lipinski definition) is 2. The number of carbonyl (C=O) groups is 1. The van der Waals surface area contributed by atoms with Crippen LogP contribution in [0.15, 0.2) is 46.0 Å². The molecule has 5 heteroatoms. The fraction of sp³-hybridized carbons (Fsp3) is 0.214. The SMILES string of the molecule is CC(=O)Nc1ccc(SC(CN)c2ccsc2)cc1. The van der Waals surface area contributed by atoms with E-state index in [1.807, 2.05) is 24.3 Å². The minimum atomic E-state index is -0.0569. The average molecular weight is 292 g/mol. The minimum Gasteiger partial charge on any atom is -0.329 e. The second-order valence-electron chi connectivity index (χ2n) is 4.10. The largest absolute Gasteiger partial charge is 0.329 e. The minimum absolute atomic E-state index is 0.0569. The lowest BCUT2D eigenvalue weighted by molar-refractivity contribution is -0.114. The third-order valence-electron chi connectivity index (χ3n) is 2.58. The molecule has 100 valence electrons. The molecule has 1 heterocycles. The molecular formula is C14H16N2OS2. The summed E-state index contributed by atoms with van der Waals surface area (Å²) >= 11 is 3.43. The van der Waals surface area contributed by atoms with Crippen molar-refractivity contribution in [3.8, 4) is 0 Å². The molecule has 2 rings (SSSR count). The predicted molar refractivity (Wildman–Crippen MR) is 82.7 cm³/mol. The van der Waals surface area contributed by atoms with Crippen molar-refractivity contribution in [1.29, 1.82) is 0 Å². The summed E-state index contributed by atoms with van der Waals surface area (Å²) in [6.07, 6.45) is 0.